The first-order chi connectivity index (χ1) is 13.0. The van der Waals surface area contributed by atoms with Crippen molar-refractivity contribution >= 4 is 19.1 Å². The summed E-state index contributed by atoms with van der Waals surface area (Å²) in [6.07, 6.45) is 0.922. The van der Waals surface area contributed by atoms with Crippen molar-refractivity contribution in [3.05, 3.63) is 65.7 Å². The maximum atomic E-state index is 12.9. The van der Waals surface area contributed by atoms with Gasteiger partial charge in [-0.25, -0.2) is 5.06 Å². The lowest BCUT2D eigenvalue weighted by Gasteiger charge is -2.33. The van der Waals surface area contributed by atoms with Crippen LogP contribution in [0, 0.1) is 0 Å². The number of benzene rings is 2. The van der Waals surface area contributed by atoms with Gasteiger partial charge in [0.1, 0.15) is 12.3 Å². The van der Waals surface area contributed by atoms with Crippen LogP contribution in [0.1, 0.15) is 24.0 Å². The Bertz CT molecular complexity index is 831. The number of nitrogens with one attached hydrogen (secondary N) is 1. The summed E-state index contributed by atoms with van der Waals surface area (Å²) >= 11 is 0. The molecule has 2 unspecified atom stereocenters. The molecule has 1 aliphatic heterocycles. The predicted molar refractivity (Wildman–Crippen MR) is 104 cm³/mol. The topological polar surface area (TPSA) is 105 Å². The van der Waals surface area contributed by atoms with Gasteiger partial charge in [0, 0.05) is 18.8 Å². The highest BCUT2D eigenvalue weighted by molar-refractivity contribution is 7.61. The first-order valence-corrected chi connectivity index (χ1v) is 10.6. The largest absolute Gasteiger partial charge is 0.329 e. The first-order valence-electron chi connectivity index (χ1n) is 8.88. The van der Waals surface area contributed by atoms with E-state index in [9.17, 15) is 14.3 Å². The Hall–Kier alpha value is -2.18. The lowest BCUT2D eigenvalue weighted by atomic mass is 10.1. The third-order valence-corrected chi connectivity index (χ3v) is 6.43. The van der Waals surface area contributed by atoms with E-state index in [1.807, 2.05) is 30.3 Å². The van der Waals surface area contributed by atoms with E-state index in [-0.39, 0.29) is 13.2 Å². The Labute approximate surface area is 158 Å². The number of anilines is 1. The van der Waals surface area contributed by atoms with Crippen LogP contribution in [-0.4, -0.2) is 28.1 Å². The summed E-state index contributed by atoms with van der Waals surface area (Å²) in [5, 5.41) is 3.87. The van der Waals surface area contributed by atoms with Crippen LogP contribution in [0.25, 0.3) is 0 Å². The van der Waals surface area contributed by atoms with Crippen molar-refractivity contribution in [1.29, 1.82) is 0 Å². The van der Waals surface area contributed by atoms with Gasteiger partial charge >= 0.3 is 7.52 Å². The van der Waals surface area contributed by atoms with E-state index < -0.39 is 19.1 Å². The summed E-state index contributed by atoms with van der Waals surface area (Å²) in [5.41, 5.74) is 6.75. The average molecular weight is 389 g/mol. The van der Waals surface area contributed by atoms with Crippen molar-refractivity contribution in [1.82, 2.24) is 5.06 Å². The van der Waals surface area contributed by atoms with Gasteiger partial charge in [-0.1, -0.05) is 48.5 Å². The minimum atomic E-state index is -4.00. The first kappa shape index (κ1) is 19.6. The molecule has 1 amide bonds. The highest BCUT2D eigenvalue weighted by atomic mass is 31.2. The van der Waals surface area contributed by atoms with E-state index in [1.54, 1.807) is 24.3 Å². The van der Waals surface area contributed by atoms with E-state index in [4.69, 9.17) is 10.6 Å². The molecule has 0 aromatic heterocycles. The minimum absolute atomic E-state index is 0.230. The normalized spacial score (nSPS) is 19.6. The number of nitrogens with two attached hydrogens (primary N) is 1. The molecule has 4 N–H and O–H groups in total. The Morgan fingerprint density at radius 2 is 1.89 bits per heavy atom. The number of hydroxylamine groups is 2. The van der Waals surface area contributed by atoms with E-state index in [0.29, 0.717) is 30.6 Å². The van der Waals surface area contributed by atoms with Gasteiger partial charge in [-0.05, 0) is 30.0 Å². The van der Waals surface area contributed by atoms with Gasteiger partial charge in [-0.3, -0.25) is 14.2 Å². The van der Waals surface area contributed by atoms with Gasteiger partial charge in [0.05, 0.1) is 0 Å². The molecule has 0 saturated carbocycles. The standard InChI is InChI=1S/C19H24N3O4P/c20-13-16-9-4-5-10-17(16)21-27(24,25)18-11-6-12-22(19(18)23)26-14-15-7-2-1-3-8-15/h1-5,7-10,18H,6,11-14,20H2,(H2,21,24,25). The highest BCUT2D eigenvalue weighted by Gasteiger charge is 2.42. The summed E-state index contributed by atoms with van der Waals surface area (Å²) in [6.45, 7) is 0.869. The minimum Gasteiger partial charge on any atom is -0.329 e. The molecule has 0 bridgehead atoms. The molecule has 0 aliphatic carbocycles. The molecule has 27 heavy (non-hydrogen) atoms. The molecule has 8 heteroatoms. The highest BCUT2D eigenvalue weighted by Crippen LogP contribution is 2.50. The molecule has 1 saturated heterocycles. The van der Waals surface area contributed by atoms with E-state index in [1.165, 1.54) is 5.06 Å². The van der Waals surface area contributed by atoms with Crippen LogP contribution in [0.15, 0.2) is 54.6 Å². The van der Waals surface area contributed by atoms with E-state index in [0.717, 1.165) is 5.56 Å². The summed E-state index contributed by atoms with van der Waals surface area (Å²) in [6, 6.07) is 16.5. The number of rotatable bonds is 7. The molecular formula is C19H24N3O4P. The zero-order chi connectivity index (χ0) is 19.3. The van der Waals surface area contributed by atoms with Gasteiger partial charge in [0.2, 0.25) is 0 Å². The SMILES string of the molecule is NCc1ccccc1NP(=O)(O)C1CCCN(OCc2ccccc2)C1=O. The second-order valence-corrected chi connectivity index (χ2v) is 8.55. The third kappa shape index (κ3) is 4.76. The van der Waals surface area contributed by atoms with Gasteiger partial charge in [-0.15, -0.1) is 0 Å². The molecule has 3 rings (SSSR count). The molecule has 2 atom stereocenters. The maximum absolute atomic E-state index is 12.9. The van der Waals surface area contributed by atoms with Crippen LogP contribution in [0.3, 0.4) is 0 Å². The Morgan fingerprint density at radius 1 is 1.19 bits per heavy atom. The number of amides is 1. The van der Waals surface area contributed by atoms with Crippen LogP contribution in [0.2, 0.25) is 0 Å². The molecule has 2 aromatic carbocycles. The fourth-order valence-electron chi connectivity index (χ4n) is 3.07. The lowest BCUT2D eigenvalue weighted by Crippen LogP contribution is -2.44. The fourth-order valence-corrected chi connectivity index (χ4v) is 4.75. The monoisotopic (exact) mass is 389 g/mol. The zero-order valence-corrected chi connectivity index (χ0v) is 15.8. The van der Waals surface area contributed by atoms with Gasteiger partial charge in [0.15, 0.2) is 0 Å². The van der Waals surface area contributed by atoms with Crippen molar-refractivity contribution in [2.45, 2.75) is 31.7 Å². The molecule has 7 nitrogen and oxygen atoms in total. The smallest absolute Gasteiger partial charge is 0.303 e. The van der Waals surface area contributed by atoms with Crippen LogP contribution >= 0.6 is 7.52 Å². The molecule has 144 valence electrons. The predicted octanol–water partition coefficient (Wildman–Crippen LogP) is 2.87. The summed E-state index contributed by atoms with van der Waals surface area (Å²) in [4.78, 5) is 28.9. The zero-order valence-electron chi connectivity index (χ0n) is 15.0. The van der Waals surface area contributed by atoms with Crippen molar-refractivity contribution in [3.8, 4) is 0 Å². The van der Waals surface area contributed by atoms with E-state index in [2.05, 4.69) is 5.09 Å². The summed E-state index contributed by atoms with van der Waals surface area (Å²) in [7, 11) is -4.00. The molecule has 0 radical (unpaired) electrons. The number of hydrogen-bond acceptors (Lipinski definition) is 4. The molecule has 1 aliphatic rings. The van der Waals surface area contributed by atoms with Gasteiger partial charge in [-0.2, -0.15) is 0 Å². The molecule has 1 heterocycles. The Kier molecular flexibility index (Phi) is 6.29. The molecule has 1 fully saturated rings. The van der Waals surface area contributed by atoms with Crippen LogP contribution in [0.5, 0.6) is 0 Å². The van der Waals surface area contributed by atoms with Crippen molar-refractivity contribution < 1.29 is 19.1 Å². The number of carbonyl (C=O) groups is 1. The van der Waals surface area contributed by atoms with Crippen LogP contribution in [0.4, 0.5) is 5.69 Å². The fraction of sp³-hybridized carbons (Fsp3) is 0.316. The number of hydrogen-bond donors (Lipinski definition) is 3. The molecule has 2 aromatic rings. The number of piperidine rings is 1. The van der Waals surface area contributed by atoms with E-state index >= 15 is 0 Å². The quantitative estimate of drug-likeness (QED) is 0.629. The molecular weight excluding hydrogens is 365 g/mol. The molecule has 0 spiro atoms. The Morgan fingerprint density at radius 3 is 2.63 bits per heavy atom. The van der Waals surface area contributed by atoms with Crippen molar-refractivity contribution in [2.75, 3.05) is 11.6 Å². The average Bonchev–Trinajstić information content (AvgIpc) is 2.68. The number of para-hydroxylation sites is 1. The maximum Gasteiger partial charge on any atom is 0.303 e. The lowest BCUT2D eigenvalue weighted by molar-refractivity contribution is -0.196. The van der Waals surface area contributed by atoms with Crippen LogP contribution in [-0.2, 0) is 27.3 Å². The number of carbonyl (C=O) groups excluding carboxylic acids is 1. The van der Waals surface area contributed by atoms with Crippen molar-refractivity contribution in [2.24, 2.45) is 5.73 Å². The van der Waals surface area contributed by atoms with Gasteiger partial charge in [0.25, 0.3) is 5.91 Å². The third-order valence-electron chi connectivity index (χ3n) is 4.54. The van der Waals surface area contributed by atoms with Gasteiger partial charge < -0.3 is 15.7 Å². The summed E-state index contributed by atoms with van der Waals surface area (Å²) in [5.74, 6) is -0.472. The summed E-state index contributed by atoms with van der Waals surface area (Å²) < 4.78 is 12.9. The van der Waals surface area contributed by atoms with Crippen LogP contribution < -0.4 is 10.8 Å². The second kappa shape index (κ2) is 8.67. The van der Waals surface area contributed by atoms with Crippen molar-refractivity contribution in [3.63, 3.8) is 0 Å². The Balaban J connectivity index is 1.69. The number of nitrogens with zero attached hydrogens (tertiary/aromatic N) is 1. The second-order valence-electron chi connectivity index (χ2n) is 6.45.